The fourth-order valence-electron chi connectivity index (χ4n) is 3.89. The van der Waals surface area contributed by atoms with Gasteiger partial charge in [-0.25, -0.2) is 0 Å². The van der Waals surface area contributed by atoms with Crippen LogP contribution in [0.15, 0.2) is 72.8 Å². The summed E-state index contributed by atoms with van der Waals surface area (Å²) in [5.74, 6) is 0.00476. The third-order valence-corrected chi connectivity index (χ3v) is 5.87. The first-order valence-electron chi connectivity index (χ1n) is 12.0. The Labute approximate surface area is 206 Å². The Morgan fingerprint density at radius 2 is 1.74 bits per heavy atom. The molecule has 0 aliphatic rings. The highest BCUT2D eigenvalue weighted by Crippen LogP contribution is 2.30. The molecule has 0 aromatic heterocycles. The van der Waals surface area contributed by atoms with E-state index in [4.69, 9.17) is 9.47 Å². The van der Waals surface area contributed by atoms with Crippen LogP contribution in [0.3, 0.4) is 0 Å². The third kappa shape index (κ3) is 7.60. The van der Waals surface area contributed by atoms with Gasteiger partial charge in [0.15, 0.2) is 0 Å². The van der Waals surface area contributed by atoms with Gasteiger partial charge in [0.1, 0.15) is 18.1 Å². The van der Waals surface area contributed by atoms with E-state index in [0.717, 1.165) is 29.5 Å². The molecule has 0 aliphatic carbocycles. The van der Waals surface area contributed by atoms with Gasteiger partial charge in [0, 0.05) is 11.1 Å². The van der Waals surface area contributed by atoms with E-state index in [2.05, 4.69) is 12.2 Å². The van der Waals surface area contributed by atoms with E-state index >= 15 is 0 Å². The normalized spacial score (nSPS) is 11.5. The molecule has 0 fully saturated rings. The number of benzene rings is 3. The fourth-order valence-corrected chi connectivity index (χ4v) is 3.89. The molecule has 0 saturated carbocycles. The van der Waals surface area contributed by atoms with Crippen molar-refractivity contribution in [3.05, 3.63) is 83.9 Å². The summed E-state index contributed by atoms with van der Waals surface area (Å²) in [5, 5.41) is 12.3. The van der Waals surface area contributed by atoms with Crippen LogP contribution >= 0.6 is 0 Å². The van der Waals surface area contributed by atoms with Crippen molar-refractivity contribution < 1.29 is 24.2 Å². The van der Waals surface area contributed by atoms with Crippen LogP contribution in [0, 0.1) is 5.92 Å². The van der Waals surface area contributed by atoms with Crippen LogP contribution in [0.4, 0.5) is 0 Å². The van der Waals surface area contributed by atoms with Crippen LogP contribution in [0.5, 0.6) is 11.5 Å². The zero-order valence-corrected chi connectivity index (χ0v) is 20.3. The van der Waals surface area contributed by atoms with E-state index in [9.17, 15) is 14.7 Å². The second kappa shape index (κ2) is 13.2. The van der Waals surface area contributed by atoms with Crippen molar-refractivity contribution in [3.8, 4) is 22.6 Å². The summed E-state index contributed by atoms with van der Waals surface area (Å²) < 4.78 is 11.2. The average Bonchev–Trinajstić information content (AvgIpc) is 2.89. The molecule has 0 saturated heterocycles. The molecular weight excluding hydrogens is 442 g/mol. The number of ether oxygens (including phenoxy) is 2. The molecule has 0 spiro atoms. The van der Waals surface area contributed by atoms with Gasteiger partial charge in [-0.2, -0.15) is 0 Å². The Bertz CT molecular complexity index is 1100. The number of carboxylic acids is 1. The SMILES string of the molecule is CCCCC(Cc1ccc(OCCNC(=O)c2ccc(-c3ccccc3)c(OC)c2)cc1)C(=O)O. The standard InChI is InChI=1S/C29H33NO5/c1-3-4-8-24(29(32)33)19-21-11-14-25(15-12-21)35-18-17-30-28(31)23-13-16-26(27(20-23)34-2)22-9-6-5-7-10-22/h5-7,9-16,20,24H,3-4,8,17-19H2,1-2H3,(H,30,31)(H,32,33). The Morgan fingerprint density at radius 3 is 2.40 bits per heavy atom. The predicted molar refractivity (Wildman–Crippen MR) is 137 cm³/mol. The molecule has 6 nitrogen and oxygen atoms in total. The molecule has 184 valence electrons. The molecule has 3 aromatic rings. The topological polar surface area (TPSA) is 84.9 Å². The van der Waals surface area contributed by atoms with E-state index < -0.39 is 5.97 Å². The largest absolute Gasteiger partial charge is 0.496 e. The van der Waals surface area contributed by atoms with Crippen LogP contribution in [-0.2, 0) is 11.2 Å². The monoisotopic (exact) mass is 475 g/mol. The van der Waals surface area contributed by atoms with Crippen molar-refractivity contribution in [3.63, 3.8) is 0 Å². The maximum absolute atomic E-state index is 12.6. The highest BCUT2D eigenvalue weighted by molar-refractivity contribution is 5.95. The van der Waals surface area contributed by atoms with E-state index in [-0.39, 0.29) is 11.8 Å². The Balaban J connectivity index is 1.48. The van der Waals surface area contributed by atoms with Gasteiger partial charge >= 0.3 is 5.97 Å². The fraction of sp³-hybridized carbons (Fsp3) is 0.310. The number of methoxy groups -OCH3 is 1. The van der Waals surface area contributed by atoms with Crippen LogP contribution in [-0.4, -0.2) is 37.2 Å². The van der Waals surface area contributed by atoms with Crippen molar-refractivity contribution in [2.24, 2.45) is 5.92 Å². The molecule has 0 aliphatic heterocycles. The van der Waals surface area contributed by atoms with Gasteiger partial charge in [-0.1, -0.05) is 62.2 Å². The van der Waals surface area contributed by atoms with Crippen molar-refractivity contribution in [2.45, 2.75) is 32.6 Å². The van der Waals surface area contributed by atoms with Crippen LogP contribution in [0.25, 0.3) is 11.1 Å². The van der Waals surface area contributed by atoms with Gasteiger partial charge in [-0.15, -0.1) is 0 Å². The summed E-state index contributed by atoms with van der Waals surface area (Å²) in [4.78, 5) is 24.0. The molecule has 0 bridgehead atoms. The molecule has 1 amide bonds. The van der Waals surface area contributed by atoms with Crippen molar-refractivity contribution in [1.82, 2.24) is 5.32 Å². The number of aliphatic carboxylic acids is 1. The van der Waals surface area contributed by atoms with Crippen molar-refractivity contribution in [2.75, 3.05) is 20.3 Å². The first-order chi connectivity index (χ1) is 17.0. The highest BCUT2D eigenvalue weighted by Gasteiger charge is 2.17. The number of amides is 1. The quantitative estimate of drug-likeness (QED) is 0.314. The predicted octanol–water partition coefficient (Wildman–Crippen LogP) is 5.60. The Morgan fingerprint density at radius 1 is 1.00 bits per heavy atom. The number of unbranched alkanes of at least 4 members (excludes halogenated alkanes) is 1. The molecule has 6 heteroatoms. The summed E-state index contributed by atoms with van der Waals surface area (Å²) in [6.07, 6.45) is 3.09. The number of hydrogen-bond acceptors (Lipinski definition) is 4. The van der Waals surface area contributed by atoms with Crippen molar-refractivity contribution >= 4 is 11.9 Å². The number of carbonyl (C=O) groups is 2. The zero-order chi connectivity index (χ0) is 25.0. The van der Waals surface area contributed by atoms with E-state index in [1.54, 1.807) is 19.2 Å². The van der Waals surface area contributed by atoms with Crippen molar-refractivity contribution in [1.29, 1.82) is 0 Å². The molecule has 0 heterocycles. The number of nitrogens with one attached hydrogen (secondary N) is 1. The average molecular weight is 476 g/mol. The van der Waals surface area contributed by atoms with Gasteiger partial charge in [-0.05, 0) is 54.3 Å². The Hall–Kier alpha value is -3.80. The molecular formula is C29H33NO5. The molecule has 2 N–H and O–H groups in total. The second-order valence-electron chi connectivity index (χ2n) is 8.41. The van der Waals surface area contributed by atoms with Gasteiger partial charge in [-0.3, -0.25) is 9.59 Å². The third-order valence-electron chi connectivity index (χ3n) is 5.87. The maximum Gasteiger partial charge on any atom is 0.306 e. The van der Waals surface area contributed by atoms with E-state index in [1.807, 2.05) is 60.7 Å². The summed E-state index contributed by atoms with van der Waals surface area (Å²) in [5.41, 5.74) is 3.44. The zero-order valence-electron chi connectivity index (χ0n) is 20.3. The molecule has 3 aromatic carbocycles. The molecule has 1 atom stereocenters. The lowest BCUT2D eigenvalue weighted by Gasteiger charge is -2.13. The summed E-state index contributed by atoms with van der Waals surface area (Å²) in [6.45, 7) is 2.73. The first kappa shape index (κ1) is 25.8. The van der Waals surface area contributed by atoms with Gasteiger partial charge in [0.05, 0.1) is 19.6 Å². The van der Waals surface area contributed by atoms with Gasteiger partial charge < -0.3 is 19.9 Å². The molecule has 35 heavy (non-hydrogen) atoms. The lowest BCUT2D eigenvalue weighted by atomic mass is 9.94. The minimum Gasteiger partial charge on any atom is -0.496 e. The number of carbonyl (C=O) groups excluding carboxylic acids is 1. The summed E-state index contributed by atoms with van der Waals surface area (Å²) in [7, 11) is 1.59. The number of hydrogen-bond donors (Lipinski definition) is 2. The van der Waals surface area contributed by atoms with Crippen LogP contribution in [0.2, 0.25) is 0 Å². The number of rotatable bonds is 13. The minimum atomic E-state index is -0.748. The highest BCUT2D eigenvalue weighted by atomic mass is 16.5. The maximum atomic E-state index is 12.6. The molecule has 0 radical (unpaired) electrons. The number of carboxylic acid groups (broad SMARTS) is 1. The van der Waals surface area contributed by atoms with Gasteiger partial charge in [0.25, 0.3) is 5.91 Å². The summed E-state index contributed by atoms with van der Waals surface area (Å²) >= 11 is 0. The second-order valence-corrected chi connectivity index (χ2v) is 8.41. The Kier molecular flexibility index (Phi) is 9.72. The minimum absolute atomic E-state index is 0.200. The lowest BCUT2D eigenvalue weighted by molar-refractivity contribution is -0.142. The van der Waals surface area contributed by atoms with E-state index in [1.165, 1.54) is 0 Å². The smallest absolute Gasteiger partial charge is 0.306 e. The van der Waals surface area contributed by atoms with E-state index in [0.29, 0.717) is 43.1 Å². The summed E-state index contributed by atoms with van der Waals surface area (Å²) in [6, 6.07) is 22.8. The molecule has 3 rings (SSSR count). The molecule has 1 unspecified atom stereocenters. The van der Waals surface area contributed by atoms with Crippen LogP contribution < -0.4 is 14.8 Å². The van der Waals surface area contributed by atoms with Gasteiger partial charge in [0.2, 0.25) is 0 Å². The lowest BCUT2D eigenvalue weighted by Crippen LogP contribution is -2.28. The van der Waals surface area contributed by atoms with Crippen LogP contribution in [0.1, 0.15) is 42.1 Å². The first-order valence-corrected chi connectivity index (χ1v) is 12.0.